The molecule has 0 aliphatic carbocycles. The predicted octanol–water partition coefficient (Wildman–Crippen LogP) is 1.86. The first-order valence-electron chi connectivity index (χ1n) is 8.92. The van der Waals surface area contributed by atoms with Crippen molar-refractivity contribution in [1.82, 2.24) is 9.88 Å². The molecule has 5 nitrogen and oxygen atoms in total. The number of likely N-dealkylation sites (tertiary alicyclic amines) is 1. The van der Waals surface area contributed by atoms with Gasteiger partial charge >= 0.3 is 0 Å². The van der Waals surface area contributed by atoms with Gasteiger partial charge in [0, 0.05) is 43.2 Å². The summed E-state index contributed by atoms with van der Waals surface area (Å²) >= 11 is 0. The molecule has 2 aromatic rings. The second kappa shape index (κ2) is 6.48. The predicted molar refractivity (Wildman–Crippen MR) is 93.1 cm³/mol. The smallest absolute Gasteiger partial charge is 0.117 e. The van der Waals surface area contributed by atoms with Crippen molar-refractivity contribution in [3.63, 3.8) is 0 Å². The van der Waals surface area contributed by atoms with E-state index < -0.39 is 11.7 Å². The van der Waals surface area contributed by atoms with E-state index in [-0.39, 0.29) is 6.61 Å². The standard InChI is InChI=1S/C19H26N2O3/c22-18(19(23)7-9-24-13-19)12-21-8-3-4-14(11-21)16-10-20-17-6-2-1-5-15(16)17/h1-2,5-6,10,14,18,20,22-23H,3-4,7-9,11-13H2. The first-order valence-corrected chi connectivity index (χ1v) is 8.92. The minimum atomic E-state index is -1.08. The number of nitrogens with zero attached hydrogens (tertiary/aromatic N) is 1. The molecular weight excluding hydrogens is 304 g/mol. The van der Waals surface area contributed by atoms with E-state index in [9.17, 15) is 10.2 Å². The highest BCUT2D eigenvalue weighted by Gasteiger charge is 2.40. The van der Waals surface area contributed by atoms with Crippen LogP contribution in [0.15, 0.2) is 30.5 Å². The molecule has 3 unspecified atom stereocenters. The molecule has 3 heterocycles. The van der Waals surface area contributed by atoms with Crippen LogP contribution in [0.25, 0.3) is 10.9 Å². The van der Waals surface area contributed by atoms with Gasteiger partial charge in [0.2, 0.25) is 0 Å². The van der Waals surface area contributed by atoms with E-state index >= 15 is 0 Å². The number of hydrogen-bond donors (Lipinski definition) is 3. The van der Waals surface area contributed by atoms with Crippen molar-refractivity contribution in [2.45, 2.75) is 36.9 Å². The van der Waals surface area contributed by atoms with Crippen LogP contribution in [0.1, 0.15) is 30.7 Å². The molecule has 0 saturated carbocycles. The van der Waals surface area contributed by atoms with Gasteiger partial charge in [-0.05, 0) is 36.9 Å². The molecule has 5 heteroatoms. The fourth-order valence-electron chi connectivity index (χ4n) is 4.15. The number of benzene rings is 1. The summed E-state index contributed by atoms with van der Waals surface area (Å²) < 4.78 is 5.27. The van der Waals surface area contributed by atoms with E-state index in [2.05, 4.69) is 40.3 Å². The summed E-state index contributed by atoms with van der Waals surface area (Å²) in [5.41, 5.74) is 1.48. The quantitative estimate of drug-likeness (QED) is 0.800. The van der Waals surface area contributed by atoms with E-state index in [0.29, 0.717) is 25.5 Å². The van der Waals surface area contributed by atoms with Gasteiger partial charge in [-0.1, -0.05) is 18.2 Å². The van der Waals surface area contributed by atoms with Crippen molar-refractivity contribution in [2.75, 3.05) is 32.8 Å². The Balaban J connectivity index is 1.46. The zero-order valence-corrected chi connectivity index (χ0v) is 13.9. The van der Waals surface area contributed by atoms with Crippen LogP contribution < -0.4 is 0 Å². The third-order valence-corrected chi connectivity index (χ3v) is 5.65. The maximum absolute atomic E-state index is 10.5. The Morgan fingerprint density at radius 3 is 3.08 bits per heavy atom. The van der Waals surface area contributed by atoms with Crippen molar-refractivity contribution in [3.05, 3.63) is 36.0 Å². The lowest BCUT2D eigenvalue weighted by atomic mass is 9.89. The number of hydrogen-bond acceptors (Lipinski definition) is 4. The molecule has 0 spiro atoms. The topological polar surface area (TPSA) is 68.7 Å². The molecule has 24 heavy (non-hydrogen) atoms. The SMILES string of the molecule is OC(CN1CCCC(c2c[nH]c3ccccc23)C1)C1(O)CCOC1. The molecular formula is C19H26N2O3. The molecule has 1 aromatic carbocycles. The maximum Gasteiger partial charge on any atom is 0.117 e. The Bertz CT molecular complexity index is 693. The van der Waals surface area contributed by atoms with Crippen LogP contribution in [0.2, 0.25) is 0 Å². The normalized spacial score (nSPS) is 30.0. The minimum Gasteiger partial charge on any atom is -0.389 e. The number of nitrogens with one attached hydrogen (secondary N) is 1. The molecule has 2 saturated heterocycles. The van der Waals surface area contributed by atoms with E-state index in [1.165, 1.54) is 22.9 Å². The van der Waals surface area contributed by atoms with E-state index in [4.69, 9.17) is 4.74 Å². The van der Waals surface area contributed by atoms with Crippen molar-refractivity contribution in [2.24, 2.45) is 0 Å². The number of aliphatic hydroxyl groups is 2. The number of para-hydroxylation sites is 1. The third-order valence-electron chi connectivity index (χ3n) is 5.65. The molecule has 2 aliphatic rings. The van der Waals surface area contributed by atoms with Gasteiger partial charge in [-0.2, -0.15) is 0 Å². The molecule has 4 rings (SSSR count). The highest BCUT2D eigenvalue weighted by atomic mass is 16.5. The van der Waals surface area contributed by atoms with Gasteiger partial charge < -0.3 is 24.8 Å². The molecule has 130 valence electrons. The lowest BCUT2D eigenvalue weighted by Crippen LogP contribution is -2.50. The number of H-pyrrole nitrogens is 1. The summed E-state index contributed by atoms with van der Waals surface area (Å²) in [5.74, 6) is 0.469. The van der Waals surface area contributed by atoms with E-state index in [0.717, 1.165) is 19.5 Å². The van der Waals surface area contributed by atoms with Gasteiger partial charge in [0.1, 0.15) is 5.60 Å². The van der Waals surface area contributed by atoms with Crippen LogP contribution in [0.5, 0.6) is 0 Å². The van der Waals surface area contributed by atoms with Crippen molar-refractivity contribution < 1.29 is 14.9 Å². The minimum absolute atomic E-state index is 0.244. The van der Waals surface area contributed by atoms with Crippen LogP contribution >= 0.6 is 0 Å². The number of aliphatic hydroxyl groups excluding tert-OH is 1. The summed E-state index contributed by atoms with van der Waals surface area (Å²) in [6, 6.07) is 8.42. The second-order valence-corrected chi connectivity index (χ2v) is 7.31. The summed E-state index contributed by atoms with van der Waals surface area (Å²) in [5, 5.41) is 22.2. The number of piperidine rings is 1. The van der Waals surface area contributed by atoms with Gasteiger partial charge in [0.15, 0.2) is 0 Å². The number of ether oxygens (including phenoxy) is 1. The molecule has 0 amide bonds. The third kappa shape index (κ3) is 2.97. The van der Waals surface area contributed by atoms with Crippen LogP contribution in [0, 0.1) is 0 Å². The van der Waals surface area contributed by atoms with Gasteiger partial charge in [-0.25, -0.2) is 0 Å². The Morgan fingerprint density at radius 2 is 2.25 bits per heavy atom. The molecule has 0 bridgehead atoms. The van der Waals surface area contributed by atoms with Crippen LogP contribution in [-0.2, 0) is 4.74 Å². The van der Waals surface area contributed by atoms with Gasteiger partial charge in [0.05, 0.1) is 12.7 Å². The molecule has 0 radical (unpaired) electrons. The highest BCUT2D eigenvalue weighted by Crippen LogP contribution is 2.33. The Kier molecular flexibility index (Phi) is 4.35. The fraction of sp³-hybridized carbons (Fsp3) is 0.579. The van der Waals surface area contributed by atoms with E-state index in [1.807, 2.05) is 0 Å². The summed E-state index contributed by atoms with van der Waals surface area (Å²) in [7, 11) is 0. The number of aromatic amines is 1. The fourth-order valence-corrected chi connectivity index (χ4v) is 4.15. The van der Waals surface area contributed by atoms with Crippen molar-refractivity contribution in [1.29, 1.82) is 0 Å². The Morgan fingerprint density at radius 1 is 1.38 bits per heavy atom. The first-order chi connectivity index (χ1) is 11.7. The van der Waals surface area contributed by atoms with Gasteiger partial charge in [-0.3, -0.25) is 0 Å². The molecule has 3 atom stereocenters. The number of aromatic nitrogens is 1. The van der Waals surface area contributed by atoms with Gasteiger partial charge in [-0.15, -0.1) is 0 Å². The van der Waals surface area contributed by atoms with Gasteiger partial charge in [0.25, 0.3) is 0 Å². The molecule has 1 aromatic heterocycles. The van der Waals surface area contributed by atoms with Crippen LogP contribution in [-0.4, -0.2) is 64.6 Å². The monoisotopic (exact) mass is 330 g/mol. The largest absolute Gasteiger partial charge is 0.389 e. The lowest BCUT2D eigenvalue weighted by Gasteiger charge is -2.37. The number of β-amino-alcohol motifs (C(OH)–C–C–N with tert-alkyl or cyclic N) is 1. The highest BCUT2D eigenvalue weighted by molar-refractivity contribution is 5.83. The second-order valence-electron chi connectivity index (χ2n) is 7.31. The number of fused-ring (bicyclic) bond motifs is 1. The summed E-state index contributed by atoms with van der Waals surface area (Å²) in [6.07, 6.45) is 4.19. The molecule has 2 aliphatic heterocycles. The van der Waals surface area contributed by atoms with E-state index in [1.54, 1.807) is 0 Å². The zero-order chi connectivity index (χ0) is 16.6. The van der Waals surface area contributed by atoms with Crippen LogP contribution in [0.4, 0.5) is 0 Å². The molecule has 2 fully saturated rings. The Hall–Kier alpha value is -1.40. The summed E-state index contributed by atoms with van der Waals surface area (Å²) in [6.45, 7) is 3.20. The average molecular weight is 330 g/mol. The average Bonchev–Trinajstić information content (AvgIpc) is 3.22. The Labute approximate surface area is 142 Å². The maximum atomic E-state index is 10.5. The van der Waals surface area contributed by atoms with Crippen molar-refractivity contribution in [3.8, 4) is 0 Å². The summed E-state index contributed by atoms with van der Waals surface area (Å²) in [4.78, 5) is 5.66. The van der Waals surface area contributed by atoms with Crippen LogP contribution in [0.3, 0.4) is 0 Å². The van der Waals surface area contributed by atoms with Crippen molar-refractivity contribution >= 4 is 10.9 Å². The lowest BCUT2D eigenvalue weighted by molar-refractivity contribution is -0.0888. The first kappa shape index (κ1) is 16.1. The zero-order valence-electron chi connectivity index (χ0n) is 13.9. The number of rotatable bonds is 4. The molecule has 3 N–H and O–H groups in total.